The van der Waals surface area contributed by atoms with Gasteiger partial charge in [0.25, 0.3) is 0 Å². The van der Waals surface area contributed by atoms with E-state index < -0.39 is 0 Å². The van der Waals surface area contributed by atoms with E-state index >= 15 is 0 Å². The number of nitrogens with one attached hydrogen (secondary N) is 1. The van der Waals surface area contributed by atoms with Crippen LogP contribution in [0.2, 0.25) is 0 Å². The standard InChI is InChI=1S/C15H29N3O/c1-16-14(17-10-4-3-5-12-19-2)18-11-9-15(13-18)7-6-8-15/h3-13H2,1-2H3,(H,16,17). The third-order valence-electron chi connectivity index (χ3n) is 4.67. The summed E-state index contributed by atoms with van der Waals surface area (Å²) in [6.45, 7) is 4.31. The normalized spacial score (nSPS) is 21.8. The maximum atomic E-state index is 5.06. The SMILES string of the molecule is CN=C(NCCCCCOC)N1CCC2(CCC2)C1. The summed E-state index contributed by atoms with van der Waals surface area (Å²) in [6, 6.07) is 0. The predicted octanol–water partition coefficient (Wildman–Crippen LogP) is 2.25. The number of likely N-dealkylation sites (tertiary alicyclic amines) is 1. The van der Waals surface area contributed by atoms with Crippen molar-refractivity contribution in [3.63, 3.8) is 0 Å². The molecule has 4 heteroatoms. The topological polar surface area (TPSA) is 36.9 Å². The Hall–Kier alpha value is -0.770. The Labute approximate surface area is 117 Å². The summed E-state index contributed by atoms with van der Waals surface area (Å²) in [7, 11) is 3.67. The van der Waals surface area contributed by atoms with E-state index in [-0.39, 0.29) is 0 Å². The van der Waals surface area contributed by atoms with E-state index in [1.54, 1.807) is 7.11 Å². The Balaban J connectivity index is 1.64. The van der Waals surface area contributed by atoms with Crippen LogP contribution in [0.25, 0.3) is 0 Å². The molecule has 19 heavy (non-hydrogen) atoms. The highest BCUT2D eigenvalue weighted by Gasteiger charge is 2.43. The molecule has 1 spiro atoms. The number of nitrogens with zero attached hydrogens (tertiary/aromatic N) is 2. The van der Waals surface area contributed by atoms with Crippen LogP contribution in [0.15, 0.2) is 4.99 Å². The van der Waals surface area contributed by atoms with Gasteiger partial charge in [0.2, 0.25) is 0 Å². The van der Waals surface area contributed by atoms with E-state index in [2.05, 4.69) is 15.2 Å². The highest BCUT2D eigenvalue weighted by atomic mass is 16.5. The van der Waals surface area contributed by atoms with Gasteiger partial charge in [-0.3, -0.25) is 4.99 Å². The Morgan fingerprint density at radius 2 is 2.11 bits per heavy atom. The summed E-state index contributed by atoms with van der Waals surface area (Å²) in [5.74, 6) is 1.11. The molecule has 4 nitrogen and oxygen atoms in total. The minimum Gasteiger partial charge on any atom is -0.385 e. The molecule has 0 aromatic rings. The highest BCUT2D eigenvalue weighted by molar-refractivity contribution is 5.80. The van der Waals surface area contributed by atoms with Crippen LogP contribution in [0.3, 0.4) is 0 Å². The number of methoxy groups -OCH3 is 1. The average molecular weight is 267 g/mol. The van der Waals surface area contributed by atoms with Crippen LogP contribution >= 0.6 is 0 Å². The first-order valence-electron chi connectivity index (χ1n) is 7.74. The molecule has 1 saturated heterocycles. The maximum absolute atomic E-state index is 5.06. The van der Waals surface area contributed by atoms with Crippen LogP contribution in [0.5, 0.6) is 0 Å². The van der Waals surface area contributed by atoms with Crippen molar-refractivity contribution in [1.82, 2.24) is 10.2 Å². The summed E-state index contributed by atoms with van der Waals surface area (Å²) in [4.78, 5) is 6.89. The number of rotatable bonds is 6. The summed E-state index contributed by atoms with van der Waals surface area (Å²) in [6.07, 6.45) is 9.22. The maximum Gasteiger partial charge on any atom is 0.193 e. The van der Waals surface area contributed by atoms with Gasteiger partial charge < -0.3 is 15.0 Å². The Morgan fingerprint density at radius 3 is 2.68 bits per heavy atom. The van der Waals surface area contributed by atoms with E-state index in [1.165, 1.54) is 51.6 Å². The number of ether oxygens (including phenoxy) is 1. The van der Waals surface area contributed by atoms with Crippen LogP contribution in [0.1, 0.15) is 44.9 Å². The van der Waals surface area contributed by atoms with Crippen LogP contribution in [-0.2, 0) is 4.74 Å². The van der Waals surface area contributed by atoms with Gasteiger partial charge in [-0.05, 0) is 43.9 Å². The number of hydrogen-bond donors (Lipinski definition) is 1. The molecule has 1 heterocycles. The molecule has 0 amide bonds. The van der Waals surface area contributed by atoms with Crippen molar-refractivity contribution in [3.05, 3.63) is 0 Å². The fourth-order valence-electron chi connectivity index (χ4n) is 3.28. The number of unbranched alkanes of at least 4 members (excludes halogenated alkanes) is 2. The Morgan fingerprint density at radius 1 is 1.26 bits per heavy atom. The lowest BCUT2D eigenvalue weighted by atomic mass is 9.68. The molecule has 1 aliphatic heterocycles. The van der Waals surface area contributed by atoms with Crippen molar-refractivity contribution < 1.29 is 4.74 Å². The van der Waals surface area contributed by atoms with Gasteiger partial charge in [-0.1, -0.05) is 6.42 Å². The number of guanidine groups is 1. The quantitative estimate of drug-likeness (QED) is 0.455. The zero-order valence-electron chi connectivity index (χ0n) is 12.6. The van der Waals surface area contributed by atoms with Gasteiger partial charge >= 0.3 is 0 Å². The summed E-state index contributed by atoms with van der Waals surface area (Å²) < 4.78 is 5.06. The number of aliphatic imine (C=N–C) groups is 1. The molecule has 0 aromatic carbocycles. The summed E-state index contributed by atoms with van der Waals surface area (Å²) >= 11 is 0. The van der Waals surface area contributed by atoms with Crippen molar-refractivity contribution in [2.24, 2.45) is 10.4 Å². The molecule has 0 unspecified atom stereocenters. The molecule has 110 valence electrons. The summed E-state index contributed by atoms with van der Waals surface area (Å²) in [5, 5.41) is 3.51. The largest absolute Gasteiger partial charge is 0.385 e. The van der Waals surface area contributed by atoms with E-state index in [0.717, 1.165) is 25.5 Å². The molecule has 0 atom stereocenters. The van der Waals surface area contributed by atoms with E-state index in [9.17, 15) is 0 Å². The fourth-order valence-corrected chi connectivity index (χ4v) is 3.28. The third-order valence-corrected chi connectivity index (χ3v) is 4.67. The molecule has 1 saturated carbocycles. The molecule has 1 N–H and O–H groups in total. The van der Waals surface area contributed by atoms with Gasteiger partial charge in [0, 0.05) is 40.4 Å². The first-order chi connectivity index (χ1) is 9.29. The fraction of sp³-hybridized carbons (Fsp3) is 0.933. The van der Waals surface area contributed by atoms with E-state index in [4.69, 9.17) is 4.74 Å². The van der Waals surface area contributed by atoms with Crippen molar-refractivity contribution >= 4 is 5.96 Å². The van der Waals surface area contributed by atoms with Gasteiger partial charge in [-0.25, -0.2) is 0 Å². The van der Waals surface area contributed by atoms with Gasteiger partial charge in [0.1, 0.15) is 0 Å². The monoisotopic (exact) mass is 267 g/mol. The molecule has 1 aliphatic carbocycles. The zero-order valence-corrected chi connectivity index (χ0v) is 12.6. The molecule has 0 radical (unpaired) electrons. The third kappa shape index (κ3) is 3.85. The Bertz CT molecular complexity index is 300. The van der Waals surface area contributed by atoms with Crippen LogP contribution in [0.4, 0.5) is 0 Å². The van der Waals surface area contributed by atoms with E-state index in [1.807, 2.05) is 7.05 Å². The van der Waals surface area contributed by atoms with Crippen molar-refractivity contribution in [2.75, 3.05) is 40.4 Å². The molecular weight excluding hydrogens is 238 g/mol. The second-order valence-corrected chi connectivity index (χ2v) is 6.05. The highest BCUT2D eigenvalue weighted by Crippen LogP contribution is 2.47. The van der Waals surface area contributed by atoms with E-state index in [0.29, 0.717) is 5.41 Å². The van der Waals surface area contributed by atoms with Gasteiger partial charge in [0.05, 0.1) is 0 Å². The second kappa shape index (κ2) is 7.13. The first kappa shape index (κ1) is 14.6. The lowest BCUT2D eigenvalue weighted by Crippen LogP contribution is -2.42. The first-order valence-corrected chi connectivity index (χ1v) is 7.74. The Kier molecular flexibility index (Phi) is 5.49. The lowest BCUT2D eigenvalue weighted by molar-refractivity contribution is 0.151. The van der Waals surface area contributed by atoms with Crippen molar-refractivity contribution in [2.45, 2.75) is 44.9 Å². The van der Waals surface area contributed by atoms with Gasteiger partial charge in [-0.15, -0.1) is 0 Å². The molecule has 0 bridgehead atoms. The van der Waals surface area contributed by atoms with Crippen LogP contribution in [0, 0.1) is 5.41 Å². The summed E-state index contributed by atoms with van der Waals surface area (Å²) in [5.41, 5.74) is 0.649. The smallest absolute Gasteiger partial charge is 0.193 e. The average Bonchev–Trinajstić information content (AvgIpc) is 2.83. The predicted molar refractivity (Wildman–Crippen MR) is 79.6 cm³/mol. The lowest BCUT2D eigenvalue weighted by Gasteiger charge is -2.38. The van der Waals surface area contributed by atoms with Gasteiger partial charge in [0.15, 0.2) is 5.96 Å². The van der Waals surface area contributed by atoms with Crippen LogP contribution in [-0.4, -0.2) is 51.3 Å². The number of hydrogen-bond acceptors (Lipinski definition) is 2. The minimum absolute atomic E-state index is 0.649. The van der Waals surface area contributed by atoms with Gasteiger partial charge in [-0.2, -0.15) is 0 Å². The second-order valence-electron chi connectivity index (χ2n) is 6.05. The van der Waals surface area contributed by atoms with Crippen molar-refractivity contribution in [1.29, 1.82) is 0 Å². The van der Waals surface area contributed by atoms with Crippen LogP contribution < -0.4 is 5.32 Å². The molecule has 2 fully saturated rings. The van der Waals surface area contributed by atoms with Crippen molar-refractivity contribution in [3.8, 4) is 0 Å². The minimum atomic E-state index is 0.649. The molecular formula is C15H29N3O. The molecule has 0 aromatic heterocycles. The molecule has 2 aliphatic rings. The zero-order chi connectivity index (χ0) is 13.6. The molecule has 2 rings (SSSR count).